The van der Waals surface area contributed by atoms with Crippen molar-refractivity contribution in [1.29, 1.82) is 0 Å². The van der Waals surface area contributed by atoms with E-state index in [0.29, 0.717) is 25.4 Å². The van der Waals surface area contributed by atoms with Gasteiger partial charge in [-0.05, 0) is 62.5 Å². The van der Waals surface area contributed by atoms with E-state index in [1.54, 1.807) is 6.92 Å². The molecule has 4 atom stereocenters. The molecule has 0 saturated heterocycles. The number of methoxy groups -OCH3 is 1. The van der Waals surface area contributed by atoms with E-state index in [4.69, 9.17) is 9.47 Å². The predicted molar refractivity (Wildman–Crippen MR) is 96.0 cm³/mol. The predicted octanol–water partition coefficient (Wildman–Crippen LogP) is 4.00. The third kappa shape index (κ3) is 3.21. The molecule has 0 aromatic carbocycles. The van der Waals surface area contributed by atoms with E-state index in [0.717, 1.165) is 19.3 Å². The number of esters is 1. The number of hydrogen-bond donors (Lipinski definition) is 0. The Kier molecular flexibility index (Phi) is 4.93. The molecule has 0 aromatic rings. The van der Waals surface area contributed by atoms with Crippen LogP contribution in [0.5, 0.6) is 0 Å². The van der Waals surface area contributed by atoms with Crippen molar-refractivity contribution in [2.24, 2.45) is 17.3 Å². The smallest absolute Gasteiger partial charge is 0.306 e. The Balaban J connectivity index is 2.08. The Morgan fingerprint density at radius 3 is 2.56 bits per heavy atom. The van der Waals surface area contributed by atoms with Gasteiger partial charge in [-0.25, -0.2) is 0 Å². The maximum atomic E-state index is 12.1. The summed E-state index contributed by atoms with van der Waals surface area (Å²) < 4.78 is 11.0. The molecule has 1 aliphatic heterocycles. The quantitative estimate of drug-likeness (QED) is 0.570. The fraction of sp³-hybridized carbons (Fsp3) is 0.714. The lowest BCUT2D eigenvalue weighted by molar-refractivity contribution is -0.142. The number of rotatable bonds is 4. The monoisotopic (exact) mass is 346 g/mol. The molecule has 25 heavy (non-hydrogen) atoms. The Morgan fingerprint density at radius 1 is 1.24 bits per heavy atom. The Labute approximate surface area is 150 Å². The van der Waals surface area contributed by atoms with Gasteiger partial charge in [-0.2, -0.15) is 0 Å². The Bertz CT molecular complexity index is 653. The largest absolute Gasteiger partial charge is 0.469 e. The molecule has 0 radical (unpaired) electrons. The molecule has 138 valence electrons. The molecule has 0 unspecified atom stereocenters. The highest BCUT2D eigenvalue weighted by Gasteiger charge is 2.52. The van der Waals surface area contributed by atoms with Gasteiger partial charge >= 0.3 is 5.97 Å². The van der Waals surface area contributed by atoms with Crippen molar-refractivity contribution in [2.75, 3.05) is 13.7 Å². The first-order chi connectivity index (χ1) is 11.8. The highest BCUT2D eigenvalue weighted by molar-refractivity contribution is 5.77. The van der Waals surface area contributed by atoms with Crippen LogP contribution in [0, 0.1) is 17.3 Å². The minimum absolute atomic E-state index is 0.0688. The summed E-state index contributed by atoms with van der Waals surface area (Å²) in [5.41, 5.74) is 5.58. The van der Waals surface area contributed by atoms with E-state index in [-0.39, 0.29) is 29.2 Å². The van der Waals surface area contributed by atoms with Crippen molar-refractivity contribution in [2.45, 2.75) is 65.9 Å². The summed E-state index contributed by atoms with van der Waals surface area (Å²) in [6.45, 7) is 8.91. The summed E-state index contributed by atoms with van der Waals surface area (Å²) in [6, 6.07) is 0. The van der Waals surface area contributed by atoms with Crippen molar-refractivity contribution in [3.8, 4) is 0 Å². The zero-order chi connectivity index (χ0) is 18.4. The molecule has 0 aromatic heterocycles. The number of carbonyl (C=O) groups excluding carboxylic acids is 2. The first-order valence-electron chi connectivity index (χ1n) is 9.33. The van der Waals surface area contributed by atoms with E-state index in [9.17, 15) is 9.59 Å². The van der Waals surface area contributed by atoms with Crippen molar-refractivity contribution in [3.05, 3.63) is 22.3 Å². The number of allylic oxidation sites excluding steroid dienone is 2. The third-order valence-electron chi connectivity index (χ3n) is 6.57. The first kappa shape index (κ1) is 18.4. The topological polar surface area (TPSA) is 52.6 Å². The second kappa shape index (κ2) is 6.71. The average molecular weight is 346 g/mol. The zero-order valence-corrected chi connectivity index (χ0v) is 16.1. The minimum atomic E-state index is -0.169. The number of hydrogen-bond acceptors (Lipinski definition) is 4. The summed E-state index contributed by atoms with van der Waals surface area (Å²) >= 11 is 0. The van der Waals surface area contributed by atoms with Crippen LogP contribution in [0.2, 0.25) is 0 Å². The molecule has 0 N–H and O–H groups in total. The summed E-state index contributed by atoms with van der Waals surface area (Å²) in [4.78, 5) is 23.9. The van der Waals surface area contributed by atoms with E-state index in [2.05, 4.69) is 20.8 Å². The van der Waals surface area contributed by atoms with Gasteiger partial charge in [0.25, 0.3) is 0 Å². The second-order valence-corrected chi connectivity index (χ2v) is 8.46. The van der Waals surface area contributed by atoms with Crippen LogP contribution in [0.4, 0.5) is 0 Å². The van der Waals surface area contributed by atoms with Crippen molar-refractivity contribution in [1.82, 2.24) is 0 Å². The molecule has 1 heterocycles. The van der Waals surface area contributed by atoms with Gasteiger partial charge in [-0.15, -0.1) is 0 Å². The number of ether oxygens (including phenoxy) is 2. The van der Waals surface area contributed by atoms with Crippen LogP contribution in [0.15, 0.2) is 22.3 Å². The maximum Gasteiger partial charge on any atom is 0.306 e. The molecule has 1 saturated carbocycles. The summed E-state index contributed by atoms with van der Waals surface area (Å²) in [7, 11) is 1.45. The van der Waals surface area contributed by atoms with E-state index < -0.39 is 0 Å². The second-order valence-electron chi connectivity index (χ2n) is 8.46. The van der Waals surface area contributed by atoms with Gasteiger partial charge in [0, 0.05) is 12.3 Å². The van der Waals surface area contributed by atoms with Gasteiger partial charge in [0.1, 0.15) is 5.78 Å². The van der Waals surface area contributed by atoms with Gasteiger partial charge < -0.3 is 9.47 Å². The van der Waals surface area contributed by atoms with Gasteiger partial charge in [0.05, 0.1) is 26.2 Å². The van der Waals surface area contributed by atoms with Gasteiger partial charge in [0.15, 0.2) is 0 Å². The van der Waals surface area contributed by atoms with Crippen LogP contribution in [-0.4, -0.2) is 31.6 Å². The van der Waals surface area contributed by atoms with Crippen LogP contribution in [0.25, 0.3) is 0 Å². The third-order valence-corrected chi connectivity index (χ3v) is 6.57. The number of fused-ring (bicyclic) bond motifs is 3. The summed E-state index contributed by atoms with van der Waals surface area (Å²) in [6.07, 6.45) is 3.87. The zero-order valence-electron chi connectivity index (χ0n) is 16.1. The number of carbonyl (C=O) groups is 2. The number of Topliss-reactive ketones (excluding diaryl/α,β-unsaturated/α-hetero) is 1. The van der Waals surface area contributed by atoms with Gasteiger partial charge in [-0.1, -0.05) is 18.1 Å². The summed E-state index contributed by atoms with van der Waals surface area (Å²) in [5.74, 6) is 0.512. The molecule has 0 amide bonds. The number of ketones is 1. The van der Waals surface area contributed by atoms with Crippen LogP contribution in [0.1, 0.15) is 59.8 Å². The van der Waals surface area contributed by atoms with Crippen LogP contribution in [0.3, 0.4) is 0 Å². The molecule has 3 rings (SSSR count). The van der Waals surface area contributed by atoms with Crippen molar-refractivity contribution >= 4 is 11.8 Å². The van der Waals surface area contributed by atoms with Crippen LogP contribution < -0.4 is 0 Å². The molecule has 4 nitrogen and oxygen atoms in total. The van der Waals surface area contributed by atoms with E-state index in [1.165, 1.54) is 29.4 Å². The van der Waals surface area contributed by atoms with Gasteiger partial charge in [-0.3, -0.25) is 9.59 Å². The lowest BCUT2D eigenvalue weighted by Crippen LogP contribution is -2.43. The normalized spacial score (nSPS) is 34.0. The Hall–Kier alpha value is -1.42. The van der Waals surface area contributed by atoms with Crippen LogP contribution in [-0.2, 0) is 19.1 Å². The fourth-order valence-electron chi connectivity index (χ4n) is 5.27. The molecule has 4 heteroatoms. The molecule has 3 aliphatic rings. The van der Waals surface area contributed by atoms with E-state index >= 15 is 0 Å². The van der Waals surface area contributed by atoms with E-state index in [1.807, 2.05) is 0 Å². The lowest BCUT2D eigenvalue weighted by Gasteiger charge is -2.50. The standard InChI is InChI=1S/C21H30O4/c1-12(2)14-6-7-21(4)10-15(14)16-11-25-18(8-13(3)22)20(16)17(21)9-19(23)24-5/h15,17-18H,6-11H2,1-5H3/t15-,17-,18-,21-/m1/s1. The maximum absolute atomic E-state index is 12.1. The highest BCUT2D eigenvalue weighted by atomic mass is 16.5. The Morgan fingerprint density at radius 2 is 1.96 bits per heavy atom. The van der Waals surface area contributed by atoms with Crippen molar-refractivity contribution in [3.63, 3.8) is 0 Å². The molecular weight excluding hydrogens is 316 g/mol. The molecule has 2 bridgehead atoms. The van der Waals surface area contributed by atoms with Crippen LogP contribution >= 0.6 is 0 Å². The van der Waals surface area contributed by atoms with Gasteiger partial charge in [0.2, 0.25) is 0 Å². The summed E-state index contributed by atoms with van der Waals surface area (Å²) in [5, 5.41) is 0. The lowest BCUT2D eigenvalue weighted by atomic mass is 9.53. The molecular formula is C21H30O4. The minimum Gasteiger partial charge on any atom is -0.469 e. The molecule has 0 spiro atoms. The average Bonchev–Trinajstić information content (AvgIpc) is 2.93. The molecule has 2 aliphatic carbocycles. The first-order valence-corrected chi connectivity index (χ1v) is 9.33. The SMILES string of the molecule is COC(=O)C[C@@H]1C2=C(CO[C@@H]2CC(C)=O)[C@@H]2C[C@@]1(C)CCC2=C(C)C. The fourth-order valence-corrected chi connectivity index (χ4v) is 5.27. The van der Waals surface area contributed by atoms with Crippen molar-refractivity contribution < 1.29 is 19.1 Å². The highest BCUT2D eigenvalue weighted by Crippen LogP contribution is 2.59. The molecule has 1 fully saturated rings.